The van der Waals surface area contributed by atoms with Crippen LogP contribution >= 0.6 is 0 Å². The summed E-state index contributed by atoms with van der Waals surface area (Å²) < 4.78 is 7.22. The lowest BCUT2D eigenvalue weighted by molar-refractivity contribution is -0.123. The third-order valence-electron chi connectivity index (χ3n) is 6.33. The third kappa shape index (κ3) is 4.57. The van der Waals surface area contributed by atoms with Gasteiger partial charge in [-0.2, -0.15) is 4.98 Å². The molecule has 3 N–H and O–H groups in total. The fourth-order valence-electron chi connectivity index (χ4n) is 4.47. The number of carbonyl (C=O) groups is 1. The van der Waals surface area contributed by atoms with Gasteiger partial charge in [0.15, 0.2) is 11.3 Å². The lowest BCUT2D eigenvalue weighted by Gasteiger charge is -2.33. The molecule has 1 amide bonds. The normalized spacial score (nSPS) is 14.6. The van der Waals surface area contributed by atoms with E-state index in [4.69, 9.17) is 10.2 Å². The minimum atomic E-state index is -0.624. The van der Waals surface area contributed by atoms with Crippen LogP contribution in [0.15, 0.2) is 38.3 Å². The number of hydrogen-bond donors (Lipinski definition) is 2. The quantitative estimate of drug-likeness (QED) is 0.520. The van der Waals surface area contributed by atoms with Gasteiger partial charge in [-0.1, -0.05) is 32.4 Å². The maximum Gasteiger partial charge on any atom is 0.330 e. The van der Waals surface area contributed by atoms with E-state index in [9.17, 15) is 14.4 Å². The first-order valence-corrected chi connectivity index (χ1v) is 12.0. The molecule has 0 unspecified atom stereocenters. The minimum Gasteiger partial charge on any atom is -0.423 e. The molecule has 3 heterocycles. The molecular weight excluding hydrogens is 436 g/mol. The standard InChI is InChI=1S/C24H32N6O4/c1-3-5-13-30-20(25)19(21(31)27-23(30)33)29(12-4-2)22(32)16-10-14-28(15-11-16)24-26-17-8-6-7-9-18(17)34-24/h6-9,16H,3-5,10-15,25H2,1-2H3,(H,27,31,33). The SMILES string of the molecule is CCCCn1c(N)c(N(CCC)C(=O)C2CCN(c3nc4ccccc4o3)CC2)c(=O)[nH]c1=O. The predicted octanol–water partition coefficient (Wildman–Crippen LogP) is 2.72. The molecule has 1 aliphatic heterocycles. The Morgan fingerprint density at radius 2 is 1.94 bits per heavy atom. The van der Waals surface area contributed by atoms with Gasteiger partial charge in [-0.15, -0.1) is 0 Å². The van der Waals surface area contributed by atoms with E-state index in [-0.39, 0.29) is 23.3 Å². The van der Waals surface area contributed by atoms with Crippen LogP contribution in [-0.4, -0.2) is 40.1 Å². The Labute approximate surface area is 197 Å². The molecule has 1 aliphatic rings. The van der Waals surface area contributed by atoms with Crippen molar-refractivity contribution in [2.24, 2.45) is 5.92 Å². The van der Waals surface area contributed by atoms with Crippen molar-refractivity contribution in [3.8, 4) is 0 Å². The first kappa shape index (κ1) is 23.6. The first-order valence-electron chi connectivity index (χ1n) is 12.0. The number of nitrogens with one attached hydrogen (secondary N) is 1. The van der Waals surface area contributed by atoms with E-state index in [0.717, 1.165) is 23.9 Å². The Bertz CT molecular complexity index is 1240. The van der Waals surface area contributed by atoms with Crippen LogP contribution in [-0.2, 0) is 11.3 Å². The fraction of sp³-hybridized carbons (Fsp3) is 0.500. The second-order valence-electron chi connectivity index (χ2n) is 8.71. The summed E-state index contributed by atoms with van der Waals surface area (Å²) in [6.45, 7) is 5.92. The van der Waals surface area contributed by atoms with Crippen molar-refractivity contribution >= 4 is 34.5 Å². The number of benzene rings is 1. The van der Waals surface area contributed by atoms with Crippen LogP contribution in [0.4, 0.5) is 17.5 Å². The van der Waals surface area contributed by atoms with E-state index >= 15 is 0 Å². The molecule has 0 radical (unpaired) electrons. The molecule has 10 heteroatoms. The summed E-state index contributed by atoms with van der Waals surface area (Å²) in [5.74, 6) is -0.355. The maximum atomic E-state index is 13.6. The molecule has 0 bridgehead atoms. The molecule has 0 atom stereocenters. The molecule has 4 rings (SSSR count). The van der Waals surface area contributed by atoms with Gasteiger partial charge in [-0.25, -0.2) is 4.79 Å². The fourth-order valence-corrected chi connectivity index (χ4v) is 4.47. The Kier molecular flexibility index (Phi) is 7.04. The van der Waals surface area contributed by atoms with Gasteiger partial charge < -0.3 is 20.0 Å². The van der Waals surface area contributed by atoms with E-state index in [2.05, 4.69) is 9.97 Å². The van der Waals surface area contributed by atoms with Crippen molar-refractivity contribution in [1.82, 2.24) is 14.5 Å². The van der Waals surface area contributed by atoms with E-state index < -0.39 is 11.2 Å². The van der Waals surface area contributed by atoms with Crippen LogP contribution < -0.4 is 26.8 Å². The number of carbonyl (C=O) groups excluding carboxylic acids is 1. The Morgan fingerprint density at radius 3 is 2.62 bits per heavy atom. The van der Waals surface area contributed by atoms with Crippen molar-refractivity contribution in [3.63, 3.8) is 0 Å². The largest absolute Gasteiger partial charge is 0.423 e. The number of amides is 1. The van der Waals surface area contributed by atoms with E-state index in [1.54, 1.807) is 0 Å². The van der Waals surface area contributed by atoms with Crippen molar-refractivity contribution in [1.29, 1.82) is 0 Å². The molecule has 34 heavy (non-hydrogen) atoms. The number of fused-ring (bicyclic) bond motifs is 1. The monoisotopic (exact) mass is 468 g/mol. The summed E-state index contributed by atoms with van der Waals surface area (Å²) in [5, 5.41) is 0. The number of nitrogen functional groups attached to an aromatic ring is 1. The summed E-state index contributed by atoms with van der Waals surface area (Å²) in [7, 11) is 0. The predicted molar refractivity (Wildman–Crippen MR) is 132 cm³/mol. The van der Waals surface area contributed by atoms with Crippen molar-refractivity contribution in [3.05, 3.63) is 45.1 Å². The highest BCUT2D eigenvalue weighted by Crippen LogP contribution is 2.29. The van der Waals surface area contributed by atoms with Gasteiger partial charge in [0.2, 0.25) is 5.91 Å². The van der Waals surface area contributed by atoms with Crippen LogP contribution in [0.5, 0.6) is 0 Å². The third-order valence-corrected chi connectivity index (χ3v) is 6.33. The van der Waals surface area contributed by atoms with Crippen LogP contribution in [0, 0.1) is 5.92 Å². The summed E-state index contributed by atoms with van der Waals surface area (Å²) in [6, 6.07) is 8.17. The highest BCUT2D eigenvalue weighted by Gasteiger charge is 2.33. The summed E-state index contributed by atoms with van der Waals surface area (Å²) in [5.41, 5.74) is 6.72. The van der Waals surface area contributed by atoms with Gasteiger partial charge in [0.05, 0.1) is 0 Å². The summed E-state index contributed by atoms with van der Waals surface area (Å²) >= 11 is 0. The number of aromatic nitrogens is 3. The molecule has 0 aliphatic carbocycles. The number of unbranched alkanes of at least 4 members (excludes halogenated alkanes) is 1. The number of aromatic amines is 1. The van der Waals surface area contributed by atoms with Crippen LogP contribution in [0.1, 0.15) is 46.0 Å². The van der Waals surface area contributed by atoms with Crippen molar-refractivity contribution in [2.45, 2.75) is 52.5 Å². The second-order valence-corrected chi connectivity index (χ2v) is 8.71. The number of rotatable bonds is 8. The molecule has 0 spiro atoms. The summed E-state index contributed by atoms with van der Waals surface area (Å²) in [6.07, 6.45) is 3.47. The molecule has 1 saturated heterocycles. The molecule has 1 fully saturated rings. The van der Waals surface area contributed by atoms with E-state index in [0.29, 0.717) is 51.5 Å². The average Bonchev–Trinajstić information content (AvgIpc) is 3.27. The highest BCUT2D eigenvalue weighted by molar-refractivity contribution is 5.97. The lowest BCUT2D eigenvalue weighted by atomic mass is 9.95. The van der Waals surface area contributed by atoms with Gasteiger partial charge >= 0.3 is 5.69 Å². The topological polar surface area (TPSA) is 130 Å². The van der Waals surface area contributed by atoms with Crippen LogP contribution in [0.3, 0.4) is 0 Å². The minimum absolute atomic E-state index is 0.0490. The lowest BCUT2D eigenvalue weighted by Crippen LogP contribution is -2.46. The van der Waals surface area contributed by atoms with Crippen LogP contribution in [0.2, 0.25) is 0 Å². The highest BCUT2D eigenvalue weighted by atomic mass is 16.4. The number of para-hydroxylation sites is 2. The Hall–Kier alpha value is -3.56. The number of oxazole rings is 1. The number of H-pyrrole nitrogens is 1. The van der Waals surface area contributed by atoms with Gasteiger partial charge in [0.1, 0.15) is 11.3 Å². The van der Waals surface area contributed by atoms with Crippen molar-refractivity contribution < 1.29 is 9.21 Å². The first-order chi connectivity index (χ1) is 16.4. The molecule has 10 nitrogen and oxygen atoms in total. The van der Waals surface area contributed by atoms with Gasteiger partial charge in [-0.05, 0) is 37.8 Å². The molecule has 182 valence electrons. The van der Waals surface area contributed by atoms with Crippen LogP contribution in [0.25, 0.3) is 11.1 Å². The number of hydrogen-bond acceptors (Lipinski definition) is 7. The molecule has 1 aromatic carbocycles. The van der Waals surface area contributed by atoms with Gasteiger partial charge in [0.25, 0.3) is 11.6 Å². The number of nitrogens with two attached hydrogens (primary N) is 1. The van der Waals surface area contributed by atoms with Gasteiger partial charge in [-0.3, -0.25) is 19.1 Å². The van der Waals surface area contributed by atoms with Crippen molar-refractivity contribution in [2.75, 3.05) is 35.2 Å². The van der Waals surface area contributed by atoms with Gasteiger partial charge in [0, 0.05) is 32.1 Å². The maximum absolute atomic E-state index is 13.6. The smallest absolute Gasteiger partial charge is 0.330 e. The number of piperidine rings is 1. The van der Waals surface area contributed by atoms with E-state index in [1.807, 2.05) is 43.0 Å². The summed E-state index contributed by atoms with van der Waals surface area (Å²) in [4.78, 5) is 49.0. The zero-order valence-electron chi connectivity index (χ0n) is 19.7. The molecule has 0 saturated carbocycles. The zero-order valence-corrected chi connectivity index (χ0v) is 19.7. The molecular formula is C24H32N6O4. The van der Waals surface area contributed by atoms with E-state index in [1.165, 1.54) is 9.47 Å². The second kappa shape index (κ2) is 10.1. The molecule has 2 aromatic heterocycles. The Morgan fingerprint density at radius 1 is 1.21 bits per heavy atom. The number of nitrogens with zero attached hydrogens (tertiary/aromatic N) is 4. The average molecular weight is 469 g/mol. The Balaban J connectivity index is 1.54. The zero-order chi connectivity index (χ0) is 24.2. The molecule has 3 aromatic rings. The number of anilines is 3.